The topological polar surface area (TPSA) is 111 Å². The Morgan fingerprint density at radius 2 is 1.95 bits per heavy atom. The molecule has 0 spiro atoms. The van der Waals surface area contributed by atoms with Crippen LogP contribution in [0.15, 0.2) is 78.6 Å². The van der Waals surface area contributed by atoms with E-state index in [4.69, 9.17) is 14.5 Å². The van der Waals surface area contributed by atoms with Gasteiger partial charge in [0.25, 0.3) is 5.91 Å². The van der Waals surface area contributed by atoms with E-state index in [0.717, 1.165) is 16.1 Å². The van der Waals surface area contributed by atoms with Gasteiger partial charge in [-0.05, 0) is 50.8 Å². The summed E-state index contributed by atoms with van der Waals surface area (Å²) in [6, 6.07) is 12.8. The summed E-state index contributed by atoms with van der Waals surface area (Å²) in [4.78, 5) is 49.8. The minimum Gasteiger partial charge on any atom is -0.457 e. The van der Waals surface area contributed by atoms with Gasteiger partial charge in [-0.15, -0.1) is 11.3 Å². The van der Waals surface area contributed by atoms with Crippen LogP contribution in [0.4, 0.5) is 4.79 Å². The van der Waals surface area contributed by atoms with Crippen molar-refractivity contribution in [3.8, 4) is 0 Å². The van der Waals surface area contributed by atoms with Crippen LogP contribution in [-0.2, 0) is 19.1 Å². The molecule has 0 saturated carbocycles. The van der Waals surface area contributed by atoms with E-state index < -0.39 is 35.7 Å². The van der Waals surface area contributed by atoms with E-state index in [2.05, 4.69) is 29.0 Å². The first kappa shape index (κ1) is 28.2. The van der Waals surface area contributed by atoms with Gasteiger partial charge in [-0.1, -0.05) is 49.1 Å². The number of esters is 1. The van der Waals surface area contributed by atoms with Crippen molar-refractivity contribution in [3.05, 3.63) is 100 Å². The highest BCUT2D eigenvalue weighted by molar-refractivity contribution is 7.09. The molecule has 2 aromatic heterocycles. The normalized spacial score (nSPS) is 19.1. The molecule has 5 rings (SSSR count). The standard InChI is InChI=1S/C31H32N4O5S/c1-5-16-39-29(37)26-21(13-14-23-25(28(36)35(23)26)34-30(38)40-31(2,3)4)22-18-41-27(33-22)24(19-10-7-6-8-11-19)20-12-9-15-32-17-20/h5-12,15,17-18,23-25H,1,13-14,16H2,2-4H3,(H,34,38)/t23-,24?,25+/m1/s1. The summed E-state index contributed by atoms with van der Waals surface area (Å²) in [6.07, 6.45) is 5.38. The van der Waals surface area contributed by atoms with Crippen LogP contribution < -0.4 is 5.32 Å². The maximum absolute atomic E-state index is 13.3. The second-order valence-corrected chi connectivity index (χ2v) is 11.7. The molecule has 0 aliphatic carbocycles. The van der Waals surface area contributed by atoms with Crippen molar-refractivity contribution in [2.45, 2.75) is 57.2 Å². The Labute approximate surface area is 242 Å². The third kappa shape index (κ3) is 5.92. The van der Waals surface area contributed by atoms with Gasteiger partial charge in [-0.3, -0.25) is 14.7 Å². The zero-order valence-electron chi connectivity index (χ0n) is 23.2. The lowest BCUT2D eigenvalue weighted by atomic mass is 9.83. The van der Waals surface area contributed by atoms with E-state index in [1.165, 1.54) is 22.3 Å². The van der Waals surface area contributed by atoms with Crippen LogP contribution in [0, 0.1) is 0 Å². The lowest BCUT2D eigenvalue weighted by Gasteiger charge is -2.50. The van der Waals surface area contributed by atoms with Crippen molar-refractivity contribution in [3.63, 3.8) is 0 Å². The predicted octanol–water partition coefficient (Wildman–Crippen LogP) is 5.06. The SMILES string of the molecule is C=CCOC(=O)C1=C(c2csc(C(c3ccccc3)c3cccnc3)n2)CC[C@@H]2[C@H](NC(=O)OC(C)(C)C)C(=O)N12. The fourth-order valence-corrected chi connectivity index (χ4v) is 6.15. The number of allylic oxidation sites excluding steroid dienone is 1. The van der Waals surface area contributed by atoms with Gasteiger partial charge in [-0.2, -0.15) is 0 Å². The number of carbonyl (C=O) groups excluding carboxylic acids is 3. The lowest BCUT2D eigenvalue weighted by Crippen LogP contribution is -2.71. The average molecular weight is 573 g/mol. The summed E-state index contributed by atoms with van der Waals surface area (Å²) in [6.45, 7) is 8.88. The second kappa shape index (κ2) is 11.7. The number of benzene rings is 1. The Morgan fingerprint density at radius 1 is 1.20 bits per heavy atom. The van der Waals surface area contributed by atoms with Gasteiger partial charge in [0.2, 0.25) is 0 Å². The van der Waals surface area contributed by atoms with Gasteiger partial charge in [0.1, 0.15) is 29.0 Å². The number of ether oxygens (including phenoxy) is 2. The van der Waals surface area contributed by atoms with Crippen LogP contribution >= 0.6 is 11.3 Å². The van der Waals surface area contributed by atoms with Crippen molar-refractivity contribution in [1.82, 2.24) is 20.2 Å². The molecule has 1 N–H and O–H groups in total. The largest absolute Gasteiger partial charge is 0.457 e. The minimum absolute atomic E-state index is 0.00129. The molecule has 3 aromatic rings. The average Bonchev–Trinajstić information content (AvgIpc) is 3.43. The highest BCUT2D eigenvalue weighted by Crippen LogP contribution is 2.42. The van der Waals surface area contributed by atoms with Crippen molar-refractivity contribution in [2.24, 2.45) is 0 Å². The highest BCUT2D eigenvalue weighted by atomic mass is 32.1. The maximum Gasteiger partial charge on any atom is 0.408 e. The Morgan fingerprint density at radius 3 is 2.63 bits per heavy atom. The van der Waals surface area contributed by atoms with Gasteiger partial charge in [-0.25, -0.2) is 14.6 Å². The predicted molar refractivity (Wildman–Crippen MR) is 155 cm³/mol. The maximum atomic E-state index is 13.3. The molecule has 41 heavy (non-hydrogen) atoms. The Kier molecular flexibility index (Phi) is 8.03. The van der Waals surface area contributed by atoms with E-state index >= 15 is 0 Å². The molecule has 1 saturated heterocycles. The number of aromatic nitrogens is 2. The Bertz CT molecular complexity index is 1440. The molecule has 10 heteroatoms. The number of hydrogen-bond acceptors (Lipinski definition) is 8. The van der Waals surface area contributed by atoms with Crippen LogP contribution in [0.25, 0.3) is 5.57 Å². The molecule has 3 atom stereocenters. The molecule has 0 radical (unpaired) electrons. The molecule has 1 fully saturated rings. The number of carbonyl (C=O) groups is 3. The van der Waals surface area contributed by atoms with E-state index in [1.807, 2.05) is 41.9 Å². The summed E-state index contributed by atoms with van der Waals surface area (Å²) in [5.74, 6) is -1.17. The number of pyridine rings is 1. The number of rotatable bonds is 8. The molecule has 1 unspecified atom stereocenters. The van der Waals surface area contributed by atoms with Crippen LogP contribution in [-0.4, -0.2) is 57.1 Å². The molecule has 1 aromatic carbocycles. The van der Waals surface area contributed by atoms with Crippen molar-refractivity contribution >= 4 is 34.9 Å². The molecular formula is C31H32N4O5S. The zero-order chi connectivity index (χ0) is 29.1. The quantitative estimate of drug-likeness (QED) is 0.228. The highest BCUT2D eigenvalue weighted by Gasteiger charge is 2.54. The lowest BCUT2D eigenvalue weighted by molar-refractivity contribution is -0.155. The van der Waals surface area contributed by atoms with E-state index in [-0.39, 0.29) is 18.2 Å². The molecule has 2 aliphatic rings. The monoisotopic (exact) mass is 572 g/mol. The third-order valence-corrected chi connectivity index (χ3v) is 7.77. The van der Waals surface area contributed by atoms with Gasteiger partial charge < -0.3 is 14.8 Å². The van der Waals surface area contributed by atoms with Crippen LogP contribution in [0.5, 0.6) is 0 Å². The fourth-order valence-electron chi connectivity index (χ4n) is 5.17. The molecule has 2 aliphatic heterocycles. The van der Waals surface area contributed by atoms with Crippen LogP contribution in [0.3, 0.4) is 0 Å². The van der Waals surface area contributed by atoms with E-state index in [0.29, 0.717) is 24.1 Å². The number of fused-ring (bicyclic) bond motifs is 1. The molecule has 4 heterocycles. The Balaban J connectivity index is 1.49. The molecule has 9 nitrogen and oxygen atoms in total. The van der Waals surface area contributed by atoms with E-state index in [9.17, 15) is 14.4 Å². The number of alkyl carbamates (subject to hydrolysis) is 1. The van der Waals surface area contributed by atoms with Gasteiger partial charge in [0.05, 0.1) is 17.7 Å². The zero-order valence-corrected chi connectivity index (χ0v) is 24.0. The van der Waals surface area contributed by atoms with Crippen molar-refractivity contribution in [2.75, 3.05) is 6.61 Å². The second-order valence-electron chi connectivity index (χ2n) is 10.9. The van der Waals surface area contributed by atoms with Crippen LogP contribution in [0.2, 0.25) is 0 Å². The summed E-state index contributed by atoms with van der Waals surface area (Å²) in [5, 5.41) is 5.43. The van der Waals surface area contributed by atoms with Gasteiger partial charge >= 0.3 is 12.1 Å². The number of thiazole rings is 1. The summed E-state index contributed by atoms with van der Waals surface area (Å²) in [5.41, 5.74) is 2.78. The van der Waals surface area contributed by atoms with E-state index in [1.54, 1.807) is 27.0 Å². The number of nitrogens with zero attached hydrogens (tertiary/aromatic N) is 3. The fraction of sp³-hybridized carbons (Fsp3) is 0.323. The smallest absolute Gasteiger partial charge is 0.408 e. The number of hydrogen-bond donors (Lipinski definition) is 1. The van der Waals surface area contributed by atoms with Crippen LogP contribution in [0.1, 0.15) is 61.4 Å². The molecule has 0 bridgehead atoms. The van der Waals surface area contributed by atoms with Gasteiger partial charge in [0, 0.05) is 23.3 Å². The number of nitrogens with one attached hydrogen (secondary N) is 1. The summed E-state index contributed by atoms with van der Waals surface area (Å²) >= 11 is 1.49. The molecule has 2 amide bonds. The molecular weight excluding hydrogens is 540 g/mol. The summed E-state index contributed by atoms with van der Waals surface area (Å²) in [7, 11) is 0. The third-order valence-electron chi connectivity index (χ3n) is 6.86. The van der Waals surface area contributed by atoms with Crippen molar-refractivity contribution in [1.29, 1.82) is 0 Å². The minimum atomic E-state index is -0.785. The first-order valence-electron chi connectivity index (χ1n) is 13.4. The van der Waals surface area contributed by atoms with Crippen molar-refractivity contribution < 1.29 is 23.9 Å². The Hall–Kier alpha value is -4.31. The molecule has 212 valence electrons. The van der Waals surface area contributed by atoms with Gasteiger partial charge in [0.15, 0.2) is 0 Å². The summed E-state index contributed by atoms with van der Waals surface area (Å²) < 4.78 is 10.7. The number of amides is 2. The first-order chi connectivity index (χ1) is 19.7. The number of β-lactam (4-membered cyclic amide) rings is 1. The first-order valence-corrected chi connectivity index (χ1v) is 14.3.